The van der Waals surface area contributed by atoms with E-state index >= 15 is 0 Å². The van der Waals surface area contributed by atoms with E-state index in [9.17, 15) is 10.1 Å². The molecule has 0 radical (unpaired) electrons. The molecule has 5 rings (SSSR count). The fraction of sp³-hybridized carbons (Fsp3) is 0.276. The Morgan fingerprint density at radius 2 is 1.78 bits per heavy atom. The van der Waals surface area contributed by atoms with Gasteiger partial charge in [-0.25, -0.2) is 4.98 Å². The minimum Gasteiger partial charge on any atom is -0.454 e. The zero-order chi connectivity index (χ0) is 25.7. The van der Waals surface area contributed by atoms with Crippen LogP contribution in [0.4, 0.5) is 5.69 Å². The van der Waals surface area contributed by atoms with Crippen LogP contribution in [0.2, 0.25) is 0 Å². The smallest absolute Gasteiger partial charge is 0.269 e. The van der Waals surface area contributed by atoms with Crippen LogP contribution in [0, 0.1) is 10.1 Å². The number of ether oxygens (including phenoxy) is 2. The minimum absolute atomic E-state index is 0.0727. The molecule has 0 aliphatic carbocycles. The van der Waals surface area contributed by atoms with E-state index in [4.69, 9.17) is 9.47 Å². The molecule has 1 aliphatic heterocycles. The number of hydrogen-bond donors (Lipinski definition) is 0. The Bertz CT molecular complexity index is 1330. The van der Waals surface area contributed by atoms with Gasteiger partial charge in [0.1, 0.15) is 0 Å². The number of rotatable bonds is 11. The number of aromatic nitrogens is 2. The molecule has 1 aliphatic rings. The van der Waals surface area contributed by atoms with Crippen LogP contribution >= 0.6 is 0 Å². The maximum Gasteiger partial charge on any atom is 0.269 e. The Kier molecular flexibility index (Phi) is 7.18. The van der Waals surface area contributed by atoms with Gasteiger partial charge in [0.05, 0.1) is 23.5 Å². The van der Waals surface area contributed by atoms with Gasteiger partial charge in [0.25, 0.3) is 5.69 Å². The van der Waals surface area contributed by atoms with Crippen LogP contribution in [0.15, 0.2) is 91.5 Å². The van der Waals surface area contributed by atoms with Gasteiger partial charge in [-0.15, -0.1) is 0 Å². The van der Waals surface area contributed by atoms with Crippen LogP contribution in [0.5, 0.6) is 11.5 Å². The van der Waals surface area contributed by atoms with Crippen LogP contribution in [-0.2, 0) is 18.6 Å². The van der Waals surface area contributed by atoms with Crippen LogP contribution in [0.25, 0.3) is 0 Å². The molecule has 37 heavy (non-hydrogen) atoms. The monoisotopic (exact) mass is 498 g/mol. The average molecular weight is 499 g/mol. The molecule has 0 spiro atoms. The standard InChI is InChI=1S/C29H30N4O4/c1-2-3-16-32(21-31-17-15-30-20-31)29(24-7-5-4-6-8-24,25-10-12-26(13-11-25)33(34)35)19-23-9-14-27-28(18-23)37-22-36-27/h4-15,17-18,20H,2-3,16,19,21-22H2,1H3. The normalized spacial score (nSPS) is 14.0. The summed E-state index contributed by atoms with van der Waals surface area (Å²) in [6.07, 6.45) is 8.24. The molecule has 8 nitrogen and oxygen atoms in total. The number of fused-ring (bicyclic) bond motifs is 1. The van der Waals surface area contributed by atoms with Crippen molar-refractivity contribution in [3.63, 3.8) is 0 Å². The van der Waals surface area contributed by atoms with Crippen LogP contribution in [0.3, 0.4) is 0 Å². The summed E-state index contributed by atoms with van der Waals surface area (Å²) in [5.74, 6) is 1.48. The maximum atomic E-state index is 11.5. The average Bonchev–Trinajstić information content (AvgIpc) is 3.62. The third-order valence-corrected chi connectivity index (χ3v) is 6.92. The SMILES string of the molecule is CCCCN(Cn1ccnc1)C(Cc1ccc2c(c1)OCO2)(c1ccccc1)c1ccc([N+](=O)[O-])cc1. The van der Waals surface area contributed by atoms with Crippen molar-refractivity contribution in [2.75, 3.05) is 13.3 Å². The number of nitro groups is 1. The predicted molar refractivity (Wildman–Crippen MR) is 140 cm³/mol. The van der Waals surface area contributed by atoms with E-state index in [0.29, 0.717) is 13.1 Å². The minimum atomic E-state index is -0.622. The van der Waals surface area contributed by atoms with E-state index in [1.165, 1.54) is 0 Å². The summed E-state index contributed by atoms with van der Waals surface area (Å²) >= 11 is 0. The summed E-state index contributed by atoms with van der Waals surface area (Å²) in [7, 11) is 0. The van der Waals surface area contributed by atoms with E-state index in [-0.39, 0.29) is 17.4 Å². The molecule has 0 N–H and O–H groups in total. The van der Waals surface area contributed by atoms with Crippen molar-refractivity contribution >= 4 is 5.69 Å². The van der Waals surface area contributed by atoms with Crippen LogP contribution in [0.1, 0.15) is 36.5 Å². The van der Waals surface area contributed by atoms with Gasteiger partial charge in [-0.3, -0.25) is 15.0 Å². The van der Waals surface area contributed by atoms with Crippen molar-refractivity contribution in [1.82, 2.24) is 14.5 Å². The summed E-state index contributed by atoms with van der Waals surface area (Å²) in [6.45, 7) is 3.83. The van der Waals surface area contributed by atoms with Crippen LogP contribution < -0.4 is 9.47 Å². The molecule has 3 aromatic carbocycles. The van der Waals surface area contributed by atoms with Gasteiger partial charge in [0.15, 0.2) is 11.5 Å². The Morgan fingerprint density at radius 3 is 2.49 bits per heavy atom. The maximum absolute atomic E-state index is 11.5. The number of nitrogens with zero attached hydrogens (tertiary/aromatic N) is 4. The number of nitro benzene ring substituents is 1. The lowest BCUT2D eigenvalue weighted by Gasteiger charge is -2.45. The van der Waals surface area contributed by atoms with Gasteiger partial charge in [-0.05, 0) is 53.8 Å². The van der Waals surface area contributed by atoms with Crippen molar-refractivity contribution in [3.8, 4) is 11.5 Å². The highest BCUT2D eigenvalue weighted by molar-refractivity contribution is 5.48. The molecule has 0 saturated heterocycles. The first kappa shape index (κ1) is 24.5. The first-order valence-electron chi connectivity index (χ1n) is 12.5. The van der Waals surface area contributed by atoms with E-state index in [2.05, 4.69) is 39.6 Å². The van der Waals surface area contributed by atoms with E-state index in [1.807, 2.05) is 55.0 Å². The topological polar surface area (TPSA) is 82.7 Å². The van der Waals surface area contributed by atoms with Gasteiger partial charge >= 0.3 is 0 Å². The van der Waals surface area contributed by atoms with Gasteiger partial charge in [0, 0.05) is 31.1 Å². The van der Waals surface area contributed by atoms with Crippen LogP contribution in [-0.4, -0.2) is 32.7 Å². The number of non-ortho nitro benzene ring substituents is 1. The summed E-state index contributed by atoms with van der Waals surface area (Å²) in [4.78, 5) is 17.8. The Morgan fingerprint density at radius 1 is 1.03 bits per heavy atom. The largest absolute Gasteiger partial charge is 0.454 e. The lowest BCUT2D eigenvalue weighted by atomic mass is 9.76. The summed E-state index contributed by atoms with van der Waals surface area (Å²) in [5.41, 5.74) is 2.63. The third kappa shape index (κ3) is 5.06. The van der Waals surface area contributed by atoms with Crippen molar-refractivity contribution in [3.05, 3.63) is 118 Å². The highest BCUT2D eigenvalue weighted by Gasteiger charge is 2.41. The number of hydrogen-bond acceptors (Lipinski definition) is 6. The Balaban J connectivity index is 1.71. The number of unbranched alkanes of at least 4 members (excludes halogenated alkanes) is 1. The fourth-order valence-corrected chi connectivity index (χ4v) is 5.07. The second-order valence-corrected chi connectivity index (χ2v) is 9.23. The Hall–Kier alpha value is -4.17. The molecule has 0 bridgehead atoms. The van der Waals surface area contributed by atoms with Crippen molar-refractivity contribution in [1.29, 1.82) is 0 Å². The van der Waals surface area contributed by atoms with E-state index in [1.54, 1.807) is 18.3 Å². The predicted octanol–water partition coefficient (Wildman–Crippen LogP) is 5.77. The molecule has 0 amide bonds. The Labute approximate surface area is 216 Å². The lowest BCUT2D eigenvalue weighted by Crippen LogP contribution is -2.49. The van der Waals surface area contributed by atoms with E-state index in [0.717, 1.165) is 47.6 Å². The second kappa shape index (κ2) is 10.8. The molecule has 4 aromatic rings. The number of imidazole rings is 1. The molecule has 8 heteroatoms. The van der Waals surface area contributed by atoms with Crippen molar-refractivity contribution < 1.29 is 14.4 Å². The van der Waals surface area contributed by atoms with Crippen molar-refractivity contribution in [2.24, 2.45) is 0 Å². The molecule has 1 aromatic heterocycles. The molecule has 0 saturated carbocycles. The van der Waals surface area contributed by atoms with Gasteiger partial charge in [-0.1, -0.05) is 49.7 Å². The van der Waals surface area contributed by atoms with Gasteiger partial charge in [0.2, 0.25) is 6.79 Å². The molecular weight excluding hydrogens is 468 g/mol. The fourth-order valence-electron chi connectivity index (χ4n) is 5.07. The highest BCUT2D eigenvalue weighted by Crippen LogP contribution is 2.42. The molecule has 2 heterocycles. The van der Waals surface area contributed by atoms with E-state index < -0.39 is 5.54 Å². The highest BCUT2D eigenvalue weighted by atomic mass is 16.7. The quantitative estimate of drug-likeness (QED) is 0.193. The third-order valence-electron chi connectivity index (χ3n) is 6.92. The molecule has 190 valence electrons. The summed E-state index contributed by atoms with van der Waals surface area (Å²) in [6, 6.07) is 23.4. The molecular formula is C29H30N4O4. The first-order chi connectivity index (χ1) is 18.1. The van der Waals surface area contributed by atoms with Crippen molar-refractivity contribution in [2.45, 2.75) is 38.4 Å². The zero-order valence-electron chi connectivity index (χ0n) is 20.8. The summed E-state index contributed by atoms with van der Waals surface area (Å²) in [5, 5.41) is 11.5. The summed E-state index contributed by atoms with van der Waals surface area (Å²) < 4.78 is 13.3. The van der Waals surface area contributed by atoms with Gasteiger partial charge in [-0.2, -0.15) is 0 Å². The molecule has 0 fully saturated rings. The second-order valence-electron chi connectivity index (χ2n) is 9.23. The first-order valence-corrected chi connectivity index (χ1v) is 12.5. The van der Waals surface area contributed by atoms with Gasteiger partial charge < -0.3 is 14.0 Å². The zero-order valence-corrected chi connectivity index (χ0v) is 20.8. The lowest BCUT2D eigenvalue weighted by molar-refractivity contribution is -0.384. The number of benzene rings is 3. The molecule has 1 atom stereocenters. The molecule has 1 unspecified atom stereocenters.